The molecule has 144 valence electrons. The van der Waals surface area contributed by atoms with E-state index < -0.39 is 11.7 Å². The molecule has 1 unspecified atom stereocenters. The Bertz CT molecular complexity index is 539. The van der Waals surface area contributed by atoms with Gasteiger partial charge in [0.05, 0.1) is 17.8 Å². The minimum atomic E-state index is -0.929. The first-order valence-electron chi connectivity index (χ1n) is 10.5. The number of hydrogen-bond donors (Lipinski definition) is 4. The second-order valence-corrected chi connectivity index (χ2v) is 10.4. The summed E-state index contributed by atoms with van der Waals surface area (Å²) in [6.07, 6.45) is 6.91. The van der Waals surface area contributed by atoms with Crippen LogP contribution in [0.1, 0.15) is 72.1 Å². The van der Waals surface area contributed by atoms with Crippen LogP contribution in [0.3, 0.4) is 0 Å². The first-order chi connectivity index (χ1) is 11.6. The van der Waals surface area contributed by atoms with Crippen LogP contribution in [-0.4, -0.2) is 39.2 Å². The van der Waals surface area contributed by atoms with Gasteiger partial charge in [-0.15, -0.1) is 0 Å². The predicted octanol–water partition coefficient (Wildman–Crippen LogP) is 2.44. The molecule has 4 fully saturated rings. The second-order valence-electron chi connectivity index (χ2n) is 10.4. The van der Waals surface area contributed by atoms with Crippen LogP contribution in [0.25, 0.3) is 0 Å². The summed E-state index contributed by atoms with van der Waals surface area (Å²) in [5, 5.41) is 32.1. The van der Waals surface area contributed by atoms with Crippen LogP contribution in [0.2, 0.25) is 0 Å². The normalized spacial score (nSPS) is 59.6. The van der Waals surface area contributed by atoms with E-state index in [4.69, 9.17) is 5.73 Å². The average molecular weight is 352 g/mol. The molecule has 4 aliphatic rings. The van der Waals surface area contributed by atoms with Crippen LogP contribution >= 0.6 is 0 Å². The van der Waals surface area contributed by atoms with E-state index in [0.29, 0.717) is 30.1 Å². The molecular formula is C21H37NO3. The average Bonchev–Trinajstić information content (AvgIpc) is 2.88. The van der Waals surface area contributed by atoms with Gasteiger partial charge in [0, 0.05) is 17.9 Å². The highest BCUT2D eigenvalue weighted by atomic mass is 16.3. The Morgan fingerprint density at radius 1 is 1.04 bits per heavy atom. The van der Waals surface area contributed by atoms with Crippen molar-refractivity contribution >= 4 is 0 Å². The van der Waals surface area contributed by atoms with Gasteiger partial charge in [0.15, 0.2) is 0 Å². The number of fused-ring (bicyclic) bond motifs is 5. The zero-order valence-electron chi connectivity index (χ0n) is 16.1. The zero-order valence-corrected chi connectivity index (χ0v) is 16.1. The van der Waals surface area contributed by atoms with Gasteiger partial charge in [-0.05, 0) is 81.0 Å². The van der Waals surface area contributed by atoms with E-state index in [-0.39, 0.29) is 23.0 Å². The Kier molecular flexibility index (Phi) is 4.13. The van der Waals surface area contributed by atoms with Crippen molar-refractivity contribution in [1.29, 1.82) is 0 Å². The van der Waals surface area contributed by atoms with Crippen molar-refractivity contribution in [2.45, 2.75) is 96.0 Å². The van der Waals surface area contributed by atoms with Crippen LogP contribution in [0.5, 0.6) is 0 Å². The third kappa shape index (κ3) is 2.27. The molecule has 0 spiro atoms. The fourth-order valence-electron chi connectivity index (χ4n) is 8.19. The quantitative estimate of drug-likeness (QED) is 0.584. The van der Waals surface area contributed by atoms with Gasteiger partial charge in [-0.1, -0.05) is 13.8 Å². The van der Waals surface area contributed by atoms with E-state index in [2.05, 4.69) is 13.8 Å². The van der Waals surface area contributed by atoms with Gasteiger partial charge < -0.3 is 21.1 Å². The molecule has 0 radical (unpaired) electrons. The van der Waals surface area contributed by atoms with Crippen LogP contribution in [0.4, 0.5) is 0 Å². The summed E-state index contributed by atoms with van der Waals surface area (Å²) in [4.78, 5) is 0. The van der Waals surface area contributed by atoms with Crippen molar-refractivity contribution in [3.63, 3.8) is 0 Å². The number of hydrogen-bond acceptors (Lipinski definition) is 4. The van der Waals surface area contributed by atoms with Crippen LogP contribution < -0.4 is 5.73 Å². The Morgan fingerprint density at radius 3 is 2.44 bits per heavy atom. The summed E-state index contributed by atoms with van der Waals surface area (Å²) in [6, 6.07) is -0.248. The lowest BCUT2D eigenvalue weighted by Crippen LogP contribution is -2.70. The van der Waals surface area contributed by atoms with Crippen LogP contribution in [0.15, 0.2) is 0 Å². The van der Waals surface area contributed by atoms with Crippen molar-refractivity contribution in [2.24, 2.45) is 40.2 Å². The van der Waals surface area contributed by atoms with Gasteiger partial charge in [-0.3, -0.25) is 0 Å². The molecule has 0 amide bonds. The van der Waals surface area contributed by atoms with Crippen molar-refractivity contribution in [2.75, 3.05) is 0 Å². The molecular weight excluding hydrogens is 314 g/mol. The van der Waals surface area contributed by atoms with Crippen molar-refractivity contribution in [3.8, 4) is 0 Å². The molecule has 4 heteroatoms. The zero-order chi connectivity index (χ0) is 18.2. The van der Waals surface area contributed by atoms with Gasteiger partial charge in [-0.2, -0.15) is 0 Å². The smallest absolute Gasteiger partial charge is 0.0878 e. The minimum Gasteiger partial charge on any atom is -0.393 e. The third-order valence-electron chi connectivity index (χ3n) is 9.58. The number of aliphatic hydroxyl groups excluding tert-OH is 2. The number of rotatable bonds is 1. The lowest BCUT2D eigenvalue weighted by molar-refractivity contribution is -0.229. The molecule has 0 saturated heterocycles. The van der Waals surface area contributed by atoms with E-state index in [9.17, 15) is 15.3 Å². The van der Waals surface area contributed by atoms with Crippen LogP contribution in [0, 0.1) is 34.5 Å². The van der Waals surface area contributed by atoms with Crippen molar-refractivity contribution < 1.29 is 15.3 Å². The highest BCUT2D eigenvalue weighted by Gasteiger charge is 2.66. The Balaban J connectivity index is 1.68. The molecule has 4 saturated carbocycles. The summed E-state index contributed by atoms with van der Waals surface area (Å²) in [6.45, 7) is 6.61. The van der Waals surface area contributed by atoms with E-state index in [1.165, 1.54) is 6.42 Å². The van der Waals surface area contributed by atoms with Gasteiger partial charge in [0.1, 0.15) is 0 Å². The van der Waals surface area contributed by atoms with Gasteiger partial charge in [0.2, 0.25) is 0 Å². The summed E-state index contributed by atoms with van der Waals surface area (Å²) in [5.74, 6) is 2.07. The summed E-state index contributed by atoms with van der Waals surface area (Å²) in [7, 11) is 0. The van der Waals surface area contributed by atoms with E-state index in [0.717, 1.165) is 38.5 Å². The lowest BCUT2D eigenvalue weighted by atomic mass is 9.42. The standard InChI is InChI=1S/C21H37NO3/c1-12(23)15-4-5-16-14-10-18(22)21(25)11-13(24)6-9-20(21,3)17(14)7-8-19(15,16)2/h12-18,23-25H,4-11,22H2,1-3H3/t12?,13-,14-,15+,16-,17-,18+,19+,20+,21-/m0/s1. The topological polar surface area (TPSA) is 86.7 Å². The van der Waals surface area contributed by atoms with E-state index in [1.54, 1.807) is 0 Å². The van der Waals surface area contributed by atoms with Crippen molar-refractivity contribution in [1.82, 2.24) is 0 Å². The van der Waals surface area contributed by atoms with E-state index >= 15 is 0 Å². The highest BCUT2D eigenvalue weighted by molar-refractivity contribution is 5.18. The summed E-state index contributed by atoms with van der Waals surface area (Å²) >= 11 is 0. The molecule has 10 atom stereocenters. The maximum absolute atomic E-state index is 11.5. The third-order valence-corrected chi connectivity index (χ3v) is 9.58. The molecule has 0 aliphatic heterocycles. The van der Waals surface area contributed by atoms with Gasteiger partial charge in [0.25, 0.3) is 0 Å². The summed E-state index contributed by atoms with van der Waals surface area (Å²) < 4.78 is 0. The second kappa shape index (κ2) is 5.67. The first-order valence-corrected chi connectivity index (χ1v) is 10.5. The molecule has 4 rings (SSSR count). The molecule has 4 aliphatic carbocycles. The Morgan fingerprint density at radius 2 is 1.76 bits per heavy atom. The first kappa shape index (κ1) is 18.2. The molecule has 25 heavy (non-hydrogen) atoms. The number of nitrogens with two attached hydrogens (primary N) is 1. The summed E-state index contributed by atoms with van der Waals surface area (Å²) in [5.41, 5.74) is 5.69. The van der Waals surface area contributed by atoms with Crippen molar-refractivity contribution in [3.05, 3.63) is 0 Å². The SMILES string of the molecule is CC(O)[C@H]1CC[C@H]2[C@@H]3C[C@@H](N)[C@@]4(O)C[C@@H](O)CC[C@]4(C)[C@H]3CC[C@]12C. The number of aliphatic hydroxyl groups is 3. The lowest BCUT2D eigenvalue weighted by Gasteiger charge is -2.65. The molecule has 0 bridgehead atoms. The fraction of sp³-hybridized carbons (Fsp3) is 1.00. The minimum absolute atomic E-state index is 0.182. The van der Waals surface area contributed by atoms with Gasteiger partial charge in [-0.25, -0.2) is 0 Å². The fourth-order valence-corrected chi connectivity index (χ4v) is 8.19. The monoisotopic (exact) mass is 351 g/mol. The van der Waals surface area contributed by atoms with Gasteiger partial charge >= 0.3 is 0 Å². The largest absolute Gasteiger partial charge is 0.393 e. The highest BCUT2D eigenvalue weighted by Crippen LogP contribution is 2.68. The predicted molar refractivity (Wildman–Crippen MR) is 97.7 cm³/mol. The molecule has 0 heterocycles. The maximum Gasteiger partial charge on any atom is 0.0878 e. The Hall–Kier alpha value is -0.160. The van der Waals surface area contributed by atoms with E-state index in [1.807, 2.05) is 6.92 Å². The molecule has 5 N–H and O–H groups in total. The Labute approximate surface area is 152 Å². The molecule has 0 aromatic rings. The molecule has 4 nitrogen and oxygen atoms in total. The molecule has 0 aromatic carbocycles. The molecule has 0 aromatic heterocycles. The van der Waals surface area contributed by atoms with Crippen LogP contribution in [-0.2, 0) is 0 Å². The maximum atomic E-state index is 11.5.